The van der Waals surface area contributed by atoms with Gasteiger partial charge in [-0.25, -0.2) is 9.37 Å². The zero-order valence-corrected chi connectivity index (χ0v) is 9.76. The number of carbonyl (C=O) groups excluding carboxylic acids is 1. The number of thiazole rings is 1. The molecule has 0 N–H and O–H groups in total. The van der Waals surface area contributed by atoms with Crippen molar-refractivity contribution in [2.24, 2.45) is 0 Å². The number of Topliss-reactive ketones (excluding diaryl/α,β-unsaturated/α-hetero) is 1. The molecule has 0 radical (unpaired) electrons. The Morgan fingerprint density at radius 3 is 2.88 bits per heavy atom. The van der Waals surface area contributed by atoms with E-state index in [0.717, 1.165) is 29.6 Å². The minimum atomic E-state index is -0.369. The van der Waals surface area contributed by atoms with Crippen molar-refractivity contribution in [2.45, 2.75) is 19.3 Å². The van der Waals surface area contributed by atoms with Crippen LogP contribution in [-0.4, -0.2) is 15.8 Å². The van der Waals surface area contributed by atoms with E-state index < -0.39 is 0 Å². The van der Waals surface area contributed by atoms with Crippen LogP contribution < -0.4 is 0 Å². The van der Waals surface area contributed by atoms with Gasteiger partial charge in [0, 0.05) is 6.42 Å². The van der Waals surface area contributed by atoms with Crippen LogP contribution in [-0.2, 0) is 6.42 Å². The van der Waals surface area contributed by atoms with Gasteiger partial charge in [0.2, 0.25) is 0 Å². The van der Waals surface area contributed by atoms with Crippen molar-refractivity contribution in [2.75, 3.05) is 0 Å². The molecular weight excluding hydrogens is 239 g/mol. The Morgan fingerprint density at radius 1 is 1.29 bits per heavy atom. The standard InChI is InChI=1S/C12H9FN2OS/c13-7-4-5-9(14-6-7)12-15-8-2-1-3-10(16)11(8)17-12/h4-6H,1-3H2. The van der Waals surface area contributed by atoms with Crippen molar-refractivity contribution in [3.63, 3.8) is 0 Å². The fourth-order valence-corrected chi connectivity index (χ4v) is 2.94. The lowest BCUT2D eigenvalue weighted by Gasteiger charge is -2.06. The number of aromatic nitrogens is 2. The van der Waals surface area contributed by atoms with Crippen LogP contribution in [0.25, 0.3) is 10.7 Å². The first-order valence-electron chi connectivity index (χ1n) is 5.39. The van der Waals surface area contributed by atoms with Crippen molar-refractivity contribution in [1.82, 2.24) is 9.97 Å². The molecule has 0 unspecified atom stereocenters. The molecule has 1 aliphatic carbocycles. The highest BCUT2D eigenvalue weighted by molar-refractivity contribution is 7.17. The highest BCUT2D eigenvalue weighted by Gasteiger charge is 2.22. The molecule has 17 heavy (non-hydrogen) atoms. The summed E-state index contributed by atoms with van der Waals surface area (Å²) < 4.78 is 12.8. The summed E-state index contributed by atoms with van der Waals surface area (Å²) in [5.74, 6) is -0.205. The summed E-state index contributed by atoms with van der Waals surface area (Å²) in [6.45, 7) is 0. The van der Waals surface area contributed by atoms with Gasteiger partial charge in [0.15, 0.2) is 5.78 Å². The first-order valence-corrected chi connectivity index (χ1v) is 6.20. The Kier molecular flexibility index (Phi) is 2.48. The third kappa shape index (κ3) is 1.86. The van der Waals surface area contributed by atoms with Gasteiger partial charge in [0.25, 0.3) is 0 Å². The van der Waals surface area contributed by atoms with Gasteiger partial charge in [0.05, 0.1) is 22.5 Å². The lowest BCUT2D eigenvalue weighted by molar-refractivity contribution is 0.0976. The summed E-state index contributed by atoms with van der Waals surface area (Å²) in [7, 11) is 0. The van der Waals surface area contributed by atoms with Crippen molar-refractivity contribution in [3.05, 3.63) is 34.7 Å². The monoisotopic (exact) mass is 248 g/mol. The molecule has 0 fully saturated rings. The van der Waals surface area contributed by atoms with Gasteiger partial charge in [-0.1, -0.05) is 0 Å². The molecule has 0 amide bonds. The first kappa shape index (κ1) is 10.5. The fourth-order valence-electron chi connectivity index (χ4n) is 1.88. The van der Waals surface area contributed by atoms with E-state index in [1.807, 2.05) is 0 Å². The average molecular weight is 248 g/mol. The fraction of sp³-hybridized carbons (Fsp3) is 0.250. The number of rotatable bonds is 1. The third-order valence-corrected chi connectivity index (χ3v) is 3.88. The predicted molar refractivity (Wildman–Crippen MR) is 62.6 cm³/mol. The number of nitrogens with zero attached hydrogens (tertiary/aromatic N) is 2. The molecule has 0 saturated carbocycles. The van der Waals surface area contributed by atoms with Crippen LogP contribution in [0.3, 0.4) is 0 Å². The number of aryl methyl sites for hydroxylation is 1. The molecule has 0 bridgehead atoms. The zero-order valence-electron chi connectivity index (χ0n) is 8.94. The van der Waals surface area contributed by atoms with Gasteiger partial charge in [-0.05, 0) is 25.0 Å². The molecule has 3 rings (SSSR count). The third-order valence-electron chi connectivity index (χ3n) is 2.71. The molecule has 2 aromatic heterocycles. The predicted octanol–water partition coefficient (Wildman–Crippen LogP) is 2.86. The number of hydrogen-bond donors (Lipinski definition) is 0. The number of carbonyl (C=O) groups is 1. The van der Waals surface area contributed by atoms with Crippen LogP contribution in [0.4, 0.5) is 4.39 Å². The van der Waals surface area contributed by atoms with Crippen LogP contribution >= 0.6 is 11.3 Å². The Morgan fingerprint density at radius 2 is 2.18 bits per heavy atom. The Hall–Kier alpha value is -1.62. The first-order chi connectivity index (χ1) is 8.24. The van der Waals surface area contributed by atoms with E-state index in [1.54, 1.807) is 6.07 Å². The highest BCUT2D eigenvalue weighted by Crippen LogP contribution is 2.31. The van der Waals surface area contributed by atoms with Crippen LogP contribution in [0, 0.1) is 5.82 Å². The number of halogens is 1. The number of hydrogen-bond acceptors (Lipinski definition) is 4. The molecular formula is C12H9FN2OS. The van der Waals surface area contributed by atoms with Crippen molar-refractivity contribution >= 4 is 17.1 Å². The zero-order chi connectivity index (χ0) is 11.8. The van der Waals surface area contributed by atoms with Gasteiger partial charge in [-0.3, -0.25) is 9.78 Å². The molecule has 3 nitrogen and oxygen atoms in total. The van der Waals surface area contributed by atoms with Gasteiger partial charge >= 0.3 is 0 Å². The molecule has 5 heteroatoms. The number of pyridine rings is 1. The lowest BCUT2D eigenvalue weighted by atomic mass is 10.0. The van der Waals surface area contributed by atoms with Gasteiger partial charge in [-0.15, -0.1) is 11.3 Å². The summed E-state index contributed by atoms with van der Waals surface area (Å²) in [4.78, 5) is 20.8. The highest BCUT2D eigenvalue weighted by atomic mass is 32.1. The quantitative estimate of drug-likeness (QED) is 0.779. The van der Waals surface area contributed by atoms with Gasteiger partial charge in [0.1, 0.15) is 10.8 Å². The second-order valence-electron chi connectivity index (χ2n) is 3.93. The van der Waals surface area contributed by atoms with E-state index in [1.165, 1.54) is 17.4 Å². The number of fused-ring (bicyclic) bond motifs is 1. The Balaban J connectivity index is 2.05. The minimum absolute atomic E-state index is 0.164. The maximum absolute atomic E-state index is 12.8. The molecule has 1 aliphatic rings. The largest absolute Gasteiger partial charge is 0.293 e. The SMILES string of the molecule is O=C1CCCc2nc(-c3ccc(F)cn3)sc21. The van der Waals surface area contributed by atoms with Crippen LogP contribution in [0.2, 0.25) is 0 Å². The van der Waals surface area contributed by atoms with E-state index in [-0.39, 0.29) is 11.6 Å². The summed E-state index contributed by atoms with van der Waals surface area (Å²) in [6.07, 6.45) is 3.48. The van der Waals surface area contributed by atoms with Crippen LogP contribution in [0.15, 0.2) is 18.3 Å². The average Bonchev–Trinajstić information content (AvgIpc) is 2.75. The molecule has 86 valence electrons. The van der Waals surface area contributed by atoms with Gasteiger partial charge < -0.3 is 0 Å². The molecule has 2 aromatic rings. The van der Waals surface area contributed by atoms with E-state index in [4.69, 9.17) is 0 Å². The second kappa shape index (κ2) is 4.00. The molecule has 0 atom stereocenters. The van der Waals surface area contributed by atoms with E-state index in [9.17, 15) is 9.18 Å². The lowest BCUT2D eigenvalue weighted by Crippen LogP contribution is -2.07. The maximum atomic E-state index is 12.8. The minimum Gasteiger partial charge on any atom is -0.293 e. The van der Waals surface area contributed by atoms with E-state index in [0.29, 0.717) is 17.1 Å². The van der Waals surface area contributed by atoms with Gasteiger partial charge in [-0.2, -0.15) is 0 Å². The summed E-state index contributed by atoms with van der Waals surface area (Å²) in [5, 5.41) is 0.699. The van der Waals surface area contributed by atoms with Crippen LogP contribution in [0.1, 0.15) is 28.2 Å². The number of ketones is 1. The van der Waals surface area contributed by atoms with E-state index >= 15 is 0 Å². The van der Waals surface area contributed by atoms with Crippen LogP contribution in [0.5, 0.6) is 0 Å². The smallest absolute Gasteiger partial charge is 0.174 e. The van der Waals surface area contributed by atoms with Crippen molar-refractivity contribution < 1.29 is 9.18 Å². The normalized spacial score (nSPS) is 14.8. The molecule has 0 aromatic carbocycles. The summed E-state index contributed by atoms with van der Waals surface area (Å²) in [5.41, 5.74) is 1.49. The Bertz CT molecular complexity index is 577. The molecule has 2 heterocycles. The van der Waals surface area contributed by atoms with E-state index in [2.05, 4.69) is 9.97 Å². The topological polar surface area (TPSA) is 42.9 Å². The maximum Gasteiger partial charge on any atom is 0.174 e. The Labute approximate surface area is 101 Å². The summed E-state index contributed by atoms with van der Waals surface area (Å²) >= 11 is 1.36. The summed E-state index contributed by atoms with van der Waals surface area (Å²) in [6, 6.07) is 2.94. The van der Waals surface area contributed by atoms with Crippen molar-refractivity contribution in [1.29, 1.82) is 0 Å². The molecule has 0 spiro atoms. The molecule has 0 aliphatic heterocycles. The van der Waals surface area contributed by atoms with Crippen molar-refractivity contribution in [3.8, 4) is 10.7 Å². The second-order valence-corrected chi connectivity index (χ2v) is 4.93. The molecule has 0 saturated heterocycles.